The molecular formula is C19H14N2O3S2. The first-order valence-corrected chi connectivity index (χ1v) is 8.97. The van der Waals surface area contributed by atoms with E-state index in [0.29, 0.717) is 14.5 Å². The summed E-state index contributed by atoms with van der Waals surface area (Å²) in [6.07, 6.45) is 3.61. The molecule has 0 atom stereocenters. The predicted molar refractivity (Wildman–Crippen MR) is 107 cm³/mol. The topological polar surface area (TPSA) is 67.0 Å². The van der Waals surface area contributed by atoms with Gasteiger partial charge in [0.2, 0.25) is 5.88 Å². The number of phenolic OH excluding ortho intramolecular Hbond substituents is 1. The van der Waals surface area contributed by atoms with Crippen LogP contribution >= 0.6 is 23.6 Å². The lowest BCUT2D eigenvalue weighted by atomic mass is 10.1. The van der Waals surface area contributed by atoms with Crippen molar-refractivity contribution in [2.45, 2.75) is 0 Å². The second-order valence-electron chi connectivity index (χ2n) is 5.65. The number of benzene rings is 2. The third-order valence-corrected chi connectivity index (χ3v) is 5.35. The summed E-state index contributed by atoms with van der Waals surface area (Å²) in [6, 6.07) is 12.3. The van der Waals surface area contributed by atoms with Gasteiger partial charge in [-0.25, -0.2) is 0 Å². The molecule has 0 saturated heterocycles. The van der Waals surface area contributed by atoms with Gasteiger partial charge in [0.05, 0.1) is 23.4 Å². The van der Waals surface area contributed by atoms with E-state index in [1.54, 1.807) is 37.6 Å². The van der Waals surface area contributed by atoms with Crippen LogP contribution in [-0.2, 0) is 0 Å². The number of aliphatic imine (C=N–C) groups is 1. The molecule has 0 amide bonds. The van der Waals surface area contributed by atoms with Gasteiger partial charge in [0.15, 0.2) is 3.95 Å². The predicted octanol–water partition coefficient (Wildman–Crippen LogP) is 4.94. The van der Waals surface area contributed by atoms with E-state index in [0.717, 1.165) is 22.6 Å². The molecule has 0 fully saturated rings. The maximum atomic E-state index is 10.7. The quantitative estimate of drug-likeness (QED) is 0.630. The molecule has 2 aromatic carbocycles. The number of hydrogen-bond donors (Lipinski definition) is 2. The molecule has 130 valence electrons. The summed E-state index contributed by atoms with van der Waals surface area (Å²) >= 11 is 6.69. The van der Waals surface area contributed by atoms with Gasteiger partial charge in [0, 0.05) is 23.4 Å². The lowest BCUT2D eigenvalue weighted by Crippen LogP contribution is -1.92. The molecule has 1 aromatic heterocycles. The number of methoxy groups -OCH3 is 1. The minimum atomic E-state index is 0.0304. The molecule has 0 spiro atoms. The first-order chi connectivity index (χ1) is 12.6. The van der Waals surface area contributed by atoms with Gasteiger partial charge in [-0.05, 0) is 48.6 Å². The van der Waals surface area contributed by atoms with Gasteiger partial charge in [-0.1, -0.05) is 6.07 Å². The van der Waals surface area contributed by atoms with E-state index in [9.17, 15) is 10.2 Å². The number of fused-ring (bicyclic) bond motifs is 1. The van der Waals surface area contributed by atoms with Gasteiger partial charge in [-0.3, -0.25) is 9.56 Å². The van der Waals surface area contributed by atoms with Crippen molar-refractivity contribution < 1.29 is 14.9 Å². The van der Waals surface area contributed by atoms with Crippen molar-refractivity contribution in [2.24, 2.45) is 4.99 Å². The molecule has 3 aromatic rings. The van der Waals surface area contributed by atoms with E-state index in [2.05, 4.69) is 4.99 Å². The zero-order valence-electron chi connectivity index (χ0n) is 13.7. The van der Waals surface area contributed by atoms with Crippen LogP contribution in [0.4, 0.5) is 5.69 Å². The second kappa shape index (κ2) is 6.44. The van der Waals surface area contributed by atoms with E-state index >= 15 is 0 Å². The third-order valence-electron chi connectivity index (χ3n) is 4.04. The summed E-state index contributed by atoms with van der Waals surface area (Å²) in [5.41, 5.74) is 3.27. The molecule has 1 aliphatic heterocycles. The molecule has 0 unspecified atom stereocenters. The average molecular weight is 382 g/mol. The summed E-state index contributed by atoms with van der Waals surface area (Å²) in [5, 5.41) is 20.4. The van der Waals surface area contributed by atoms with Crippen molar-refractivity contribution in [1.29, 1.82) is 0 Å². The van der Waals surface area contributed by atoms with Crippen LogP contribution in [0.25, 0.3) is 17.3 Å². The third kappa shape index (κ3) is 2.81. The van der Waals surface area contributed by atoms with Gasteiger partial charge >= 0.3 is 0 Å². The maximum Gasteiger partial charge on any atom is 0.215 e. The Morgan fingerprint density at radius 3 is 2.81 bits per heavy atom. The number of rotatable bonds is 3. The molecule has 5 nitrogen and oxygen atoms in total. The van der Waals surface area contributed by atoms with E-state index in [1.807, 2.05) is 24.3 Å². The molecular weight excluding hydrogens is 368 g/mol. The van der Waals surface area contributed by atoms with E-state index in [-0.39, 0.29) is 11.6 Å². The Hall–Kier alpha value is -2.90. The standard InChI is InChI=1S/C19H14N2O3S2/c1-24-14-5-6-16-15(9-14)11(10-20-16)7-17-18(23)21(19(25)26-17)12-3-2-4-13(22)8-12/h2-10,22-23H,1H3/b11-7+. The van der Waals surface area contributed by atoms with Gasteiger partial charge in [-0.2, -0.15) is 0 Å². The van der Waals surface area contributed by atoms with Crippen molar-refractivity contribution in [2.75, 3.05) is 7.11 Å². The van der Waals surface area contributed by atoms with Crippen LogP contribution in [0.15, 0.2) is 47.5 Å². The molecule has 0 radical (unpaired) electrons. The fourth-order valence-electron chi connectivity index (χ4n) is 2.79. The minimum Gasteiger partial charge on any atom is -0.508 e. The average Bonchev–Trinajstić information content (AvgIpc) is 3.15. The smallest absolute Gasteiger partial charge is 0.215 e. The molecule has 0 bridgehead atoms. The first-order valence-electron chi connectivity index (χ1n) is 7.75. The van der Waals surface area contributed by atoms with Crippen LogP contribution in [-0.4, -0.2) is 28.1 Å². The van der Waals surface area contributed by atoms with Crippen LogP contribution < -0.4 is 4.74 Å². The molecule has 4 rings (SSSR count). The second-order valence-corrected chi connectivity index (χ2v) is 7.33. The molecule has 1 aliphatic rings. The number of phenols is 1. The molecule has 26 heavy (non-hydrogen) atoms. The summed E-state index contributed by atoms with van der Waals surface area (Å²) in [5.74, 6) is 0.885. The van der Waals surface area contributed by atoms with Gasteiger partial charge < -0.3 is 14.9 Å². The van der Waals surface area contributed by atoms with Crippen molar-refractivity contribution >= 4 is 47.1 Å². The summed E-state index contributed by atoms with van der Waals surface area (Å²) in [6.45, 7) is 0. The summed E-state index contributed by atoms with van der Waals surface area (Å²) < 4.78 is 7.30. The fraction of sp³-hybridized carbons (Fsp3) is 0.0526. The van der Waals surface area contributed by atoms with Gasteiger partial charge in [0.1, 0.15) is 11.5 Å². The Bertz CT molecular complexity index is 1130. The molecule has 0 saturated carbocycles. The highest BCUT2D eigenvalue weighted by Gasteiger charge is 2.17. The highest BCUT2D eigenvalue weighted by molar-refractivity contribution is 7.73. The Kier molecular flexibility index (Phi) is 4.10. The normalized spacial score (nSPS) is 14.0. The lowest BCUT2D eigenvalue weighted by Gasteiger charge is -2.05. The van der Waals surface area contributed by atoms with Crippen molar-refractivity contribution in [3.05, 3.63) is 56.9 Å². The Balaban J connectivity index is 1.81. The monoisotopic (exact) mass is 382 g/mol. The summed E-state index contributed by atoms with van der Waals surface area (Å²) in [7, 11) is 1.62. The van der Waals surface area contributed by atoms with Crippen LogP contribution in [0.3, 0.4) is 0 Å². The minimum absolute atomic E-state index is 0.0304. The maximum absolute atomic E-state index is 10.7. The molecule has 2 N–H and O–H groups in total. The number of allylic oxidation sites excluding steroid dienone is 1. The molecule has 0 aliphatic carbocycles. The number of hydrogen-bond acceptors (Lipinski definition) is 6. The van der Waals surface area contributed by atoms with Crippen molar-refractivity contribution in [1.82, 2.24) is 4.57 Å². The lowest BCUT2D eigenvalue weighted by molar-refractivity contribution is 0.415. The van der Waals surface area contributed by atoms with Crippen LogP contribution in [0, 0.1) is 3.95 Å². The largest absolute Gasteiger partial charge is 0.508 e. The fourth-order valence-corrected chi connectivity index (χ4v) is 4.09. The highest BCUT2D eigenvalue weighted by Crippen LogP contribution is 2.38. The number of nitrogens with zero attached hydrogens (tertiary/aromatic N) is 2. The van der Waals surface area contributed by atoms with Gasteiger partial charge in [-0.15, -0.1) is 11.3 Å². The zero-order chi connectivity index (χ0) is 18.3. The van der Waals surface area contributed by atoms with Crippen LogP contribution in [0.1, 0.15) is 10.4 Å². The van der Waals surface area contributed by atoms with Gasteiger partial charge in [0.25, 0.3) is 0 Å². The number of thiazole rings is 1. The number of ether oxygens (including phenoxy) is 1. The van der Waals surface area contributed by atoms with Crippen molar-refractivity contribution in [3.63, 3.8) is 0 Å². The first kappa shape index (κ1) is 16.6. The van der Waals surface area contributed by atoms with E-state index < -0.39 is 0 Å². The van der Waals surface area contributed by atoms with E-state index in [1.165, 1.54) is 15.9 Å². The Morgan fingerprint density at radius 1 is 1.19 bits per heavy atom. The Morgan fingerprint density at radius 2 is 2.04 bits per heavy atom. The van der Waals surface area contributed by atoms with Crippen LogP contribution in [0.2, 0.25) is 0 Å². The molecule has 7 heteroatoms. The SMILES string of the molecule is COc1ccc2c(c1)/C(=C/c1sc(=S)n(-c3cccc(O)c3)c1O)C=N2. The number of aromatic nitrogens is 1. The summed E-state index contributed by atoms with van der Waals surface area (Å²) in [4.78, 5) is 5.01. The number of aromatic hydroxyl groups is 2. The van der Waals surface area contributed by atoms with E-state index in [4.69, 9.17) is 17.0 Å². The zero-order valence-corrected chi connectivity index (χ0v) is 15.3. The van der Waals surface area contributed by atoms with Crippen molar-refractivity contribution in [3.8, 4) is 23.1 Å². The molecule has 2 heterocycles. The highest BCUT2D eigenvalue weighted by atomic mass is 32.1. The van der Waals surface area contributed by atoms with Crippen LogP contribution in [0.5, 0.6) is 17.4 Å². The Labute approximate surface area is 158 Å².